The Morgan fingerprint density at radius 3 is 2.88 bits per heavy atom. The number of hydrogen-bond donors (Lipinski definition) is 2. The van der Waals surface area contributed by atoms with Crippen LogP contribution in [0.5, 0.6) is 11.5 Å². The van der Waals surface area contributed by atoms with Gasteiger partial charge in [0.05, 0.1) is 0 Å². The van der Waals surface area contributed by atoms with Crippen LogP contribution in [-0.4, -0.2) is 49.8 Å². The minimum absolute atomic E-state index is 0.102. The van der Waals surface area contributed by atoms with E-state index in [2.05, 4.69) is 15.6 Å². The summed E-state index contributed by atoms with van der Waals surface area (Å²) in [5.74, 6) is 2.06. The zero-order valence-electron chi connectivity index (χ0n) is 14.4. The second-order valence-corrected chi connectivity index (χ2v) is 6.03. The molecule has 0 saturated carbocycles. The van der Waals surface area contributed by atoms with Gasteiger partial charge in [0.25, 0.3) is 5.91 Å². The van der Waals surface area contributed by atoms with E-state index in [1.54, 1.807) is 18.3 Å². The number of benzene rings is 1. The molecule has 0 aliphatic carbocycles. The molecule has 1 aromatic heterocycles. The number of rotatable bonds is 7. The normalized spacial score (nSPS) is 12.3. The van der Waals surface area contributed by atoms with E-state index in [0.29, 0.717) is 24.5 Å². The summed E-state index contributed by atoms with van der Waals surface area (Å²) >= 11 is 0. The van der Waals surface area contributed by atoms with E-state index in [1.807, 2.05) is 37.2 Å². The lowest BCUT2D eigenvalue weighted by molar-refractivity contribution is 0.0951. The molecule has 2 N–H and O–H groups in total. The zero-order chi connectivity index (χ0) is 17.6. The first kappa shape index (κ1) is 17.0. The molecule has 3 rings (SSSR count). The molecule has 0 atom stereocenters. The van der Waals surface area contributed by atoms with E-state index >= 15 is 0 Å². The van der Waals surface area contributed by atoms with Crippen molar-refractivity contribution in [2.75, 3.05) is 39.3 Å². The molecule has 0 saturated heterocycles. The van der Waals surface area contributed by atoms with Crippen LogP contribution in [0.4, 0.5) is 5.82 Å². The average molecular weight is 342 g/mol. The lowest BCUT2D eigenvalue weighted by Gasteiger charge is -2.11. The number of likely N-dealkylation sites (N-methyl/N-ethyl adjacent to an activating group) is 1. The lowest BCUT2D eigenvalue weighted by Crippen LogP contribution is -2.31. The molecule has 0 spiro atoms. The summed E-state index contributed by atoms with van der Waals surface area (Å²) in [6.07, 6.45) is 1.63. The average Bonchev–Trinajstić information content (AvgIpc) is 3.07. The maximum atomic E-state index is 12.2. The van der Waals surface area contributed by atoms with E-state index in [-0.39, 0.29) is 12.7 Å². The number of fused-ring (bicyclic) bond motifs is 1. The van der Waals surface area contributed by atoms with Crippen molar-refractivity contribution in [2.45, 2.75) is 6.54 Å². The van der Waals surface area contributed by atoms with Gasteiger partial charge in [0.1, 0.15) is 5.82 Å². The third-order valence-electron chi connectivity index (χ3n) is 3.78. The number of anilines is 1. The molecule has 1 amide bonds. The number of carbonyl (C=O) groups is 1. The quantitative estimate of drug-likeness (QED) is 0.798. The van der Waals surface area contributed by atoms with Crippen molar-refractivity contribution in [3.63, 3.8) is 0 Å². The highest BCUT2D eigenvalue weighted by atomic mass is 16.7. The summed E-state index contributed by atoms with van der Waals surface area (Å²) in [6.45, 7) is 2.24. The van der Waals surface area contributed by atoms with Crippen molar-refractivity contribution in [3.05, 3.63) is 47.7 Å². The van der Waals surface area contributed by atoms with Gasteiger partial charge in [-0.2, -0.15) is 0 Å². The Bertz CT molecular complexity index is 749. The maximum Gasteiger partial charge on any atom is 0.251 e. The molecular formula is C18H22N4O3. The molecule has 0 fully saturated rings. The van der Waals surface area contributed by atoms with Gasteiger partial charge in [0.2, 0.25) is 6.79 Å². The molecule has 7 nitrogen and oxygen atoms in total. The van der Waals surface area contributed by atoms with Crippen LogP contribution in [0.1, 0.15) is 15.9 Å². The number of ether oxygens (including phenoxy) is 2. The van der Waals surface area contributed by atoms with Crippen LogP contribution in [0.2, 0.25) is 0 Å². The van der Waals surface area contributed by atoms with Crippen molar-refractivity contribution in [1.82, 2.24) is 15.2 Å². The van der Waals surface area contributed by atoms with Gasteiger partial charge in [-0.15, -0.1) is 0 Å². The number of amides is 1. The van der Waals surface area contributed by atoms with E-state index in [1.165, 1.54) is 0 Å². The lowest BCUT2D eigenvalue weighted by atomic mass is 10.2. The number of nitrogens with zero attached hydrogens (tertiary/aromatic N) is 2. The predicted molar refractivity (Wildman–Crippen MR) is 95.0 cm³/mol. The summed E-state index contributed by atoms with van der Waals surface area (Å²) in [5.41, 5.74) is 1.63. The molecule has 1 aromatic carbocycles. The summed E-state index contributed by atoms with van der Waals surface area (Å²) in [7, 11) is 3.94. The molecule has 0 unspecified atom stereocenters. The molecule has 0 radical (unpaired) electrons. The molecular weight excluding hydrogens is 320 g/mol. The number of pyridine rings is 1. The standard InChI is InChI=1S/C18H22N4O3/c1-22(2)8-7-20-18(23)14-5-6-19-17(10-14)21-11-13-3-4-15-16(9-13)25-12-24-15/h3-6,9-10H,7-8,11-12H2,1-2H3,(H,19,21)(H,20,23). The van der Waals surface area contributed by atoms with Crippen LogP contribution in [-0.2, 0) is 6.54 Å². The van der Waals surface area contributed by atoms with Gasteiger partial charge in [0.15, 0.2) is 11.5 Å². The van der Waals surface area contributed by atoms with Crippen LogP contribution in [0.15, 0.2) is 36.5 Å². The van der Waals surface area contributed by atoms with Crippen LogP contribution < -0.4 is 20.1 Å². The van der Waals surface area contributed by atoms with Crippen LogP contribution in [0, 0.1) is 0 Å². The number of nitrogens with one attached hydrogen (secondary N) is 2. The Morgan fingerprint density at radius 2 is 2.04 bits per heavy atom. The second-order valence-electron chi connectivity index (χ2n) is 6.03. The first-order valence-electron chi connectivity index (χ1n) is 8.13. The molecule has 25 heavy (non-hydrogen) atoms. The van der Waals surface area contributed by atoms with Gasteiger partial charge in [-0.25, -0.2) is 4.98 Å². The van der Waals surface area contributed by atoms with Crippen LogP contribution >= 0.6 is 0 Å². The minimum atomic E-state index is -0.102. The Kier molecular flexibility index (Phi) is 5.35. The van der Waals surface area contributed by atoms with Gasteiger partial charge in [0, 0.05) is 31.4 Å². The van der Waals surface area contributed by atoms with Crippen molar-refractivity contribution in [3.8, 4) is 11.5 Å². The number of hydrogen-bond acceptors (Lipinski definition) is 6. The van der Waals surface area contributed by atoms with Crippen LogP contribution in [0.3, 0.4) is 0 Å². The maximum absolute atomic E-state index is 12.2. The van der Waals surface area contributed by atoms with Gasteiger partial charge in [-0.3, -0.25) is 4.79 Å². The Balaban J connectivity index is 1.57. The fraction of sp³-hybridized carbons (Fsp3) is 0.333. The Morgan fingerprint density at radius 1 is 1.20 bits per heavy atom. The fourth-order valence-electron chi connectivity index (χ4n) is 2.41. The summed E-state index contributed by atoms with van der Waals surface area (Å²) in [4.78, 5) is 18.4. The van der Waals surface area contributed by atoms with E-state index in [4.69, 9.17) is 9.47 Å². The fourth-order valence-corrected chi connectivity index (χ4v) is 2.41. The first-order valence-corrected chi connectivity index (χ1v) is 8.13. The highest BCUT2D eigenvalue weighted by Gasteiger charge is 2.13. The largest absolute Gasteiger partial charge is 0.454 e. The predicted octanol–water partition coefficient (Wildman–Crippen LogP) is 1.71. The van der Waals surface area contributed by atoms with Gasteiger partial charge in [-0.1, -0.05) is 6.07 Å². The van der Waals surface area contributed by atoms with Crippen molar-refractivity contribution in [1.29, 1.82) is 0 Å². The van der Waals surface area contributed by atoms with E-state index in [0.717, 1.165) is 23.6 Å². The minimum Gasteiger partial charge on any atom is -0.454 e. The third kappa shape index (κ3) is 4.60. The first-order chi connectivity index (χ1) is 12.1. The second kappa shape index (κ2) is 7.85. The molecule has 0 bridgehead atoms. The molecule has 2 heterocycles. The molecule has 1 aliphatic heterocycles. The molecule has 132 valence electrons. The Labute approximate surface area is 147 Å². The number of aromatic nitrogens is 1. The summed E-state index contributed by atoms with van der Waals surface area (Å²) < 4.78 is 10.7. The monoisotopic (exact) mass is 342 g/mol. The molecule has 2 aromatic rings. The SMILES string of the molecule is CN(C)CCNC(=O)c1ccnc(NCc2ccc3c(c2)OCO3)c1. The van der Waals surface area contributed by atoms with Crippen molar-refractivity contribution >= 4 is 11.7 Å². The topological polar surface area (TPSA) is 75.7 Å². The van der Waals surface area contributed by atoms with Gasteiger partial charge in [-0.05, 0) is 43.9 Å². The third-order valence-corrected chi connectivity index (χ3v) is 3.78. The highest BCUT2D eigenvalue weighted by molar-refractivity contribution is 5.94. The van der Waals surface area contributed by atoms with Crippen molar-refractivity contribution in [2.24, 2.45) is 0 Å². The molecule has 1 aliphatic rings. The smallest absolute Gasteiger partial charge is 0.251 e. The van der Waals surface area contributed by atoms with Crippen LogP contribution in [0.25, 0.3) is 0 Å². The summed E-state index contributed by atoms with van der Waals surface area (Å²) in [6, 6.07) is 9.25. The van der Waals surface area contributed by atoms with Crippen molar-refractivity contribution < 1.29 is 14.3 Å². The molecule has 7 heteroatoms. The summed E-state index contributed by atoms with van der Waals surface area (Å²) in [5, 5.41) is 6.12. The highest BCUT2D eigenvalue weighted by Crippen LogP contribution is 2.32. The Hall–Kier alpha value is -2.80. The van der Waals surface area contributed by atoms with Gasteiger partial charge >= 0.3 is 0 Å². The van der Waals surface area contributed by atoms with E-state index in [9.17, 15) is 4.79 Å². The van der Waals surface area contributed by atoms with Gasteiger partial charge < -0.3 is 25.0 Å². The number of carbonyl (C=O) groups excluding carboxylic acids is 1. The van der Waals surface area contributed by atoms with E-state index < -0.39 is 0 Å². The zero-order valence-corrected chi connectivity index (χ0v) is 14.4.